The maximum atomic E-state index is 13.3. The van der Waals surface area contributed by atoms with Crippen LogP contribution in [0.1, 0.15) is 58.9 Å². The van der Waals surface area contributed by atoms with Gasteiger partial charge in [-0.25, -0.2) is 4.79 Å². The molecular formula is C23H27Cl2NO4. The van der Waals surface area contributed by atoms with Gasteiger partial charge in [0.1, 0.15) is 5.75 Å². The topological polar surface area (TPSA) is 64.6 Å². The zero-order chi connectivity index (χ0) is 22.4. The quantitative estimate of drug-likeness (QED) is 0.607. The second-order valence-electron chi connectivity index (χ2n) is 8.89. The first kappa shape index (κ1) is 22.7. The average Bonchev–Trinajstić information content (AvgIpc) is 2.57. The Hall–Kier alpha value is -1.98. The van der Waals surface area contributed by atoms with Crippen molar-refractivity contribution in [2.45, 2.75) is 59.5 Å². The van der Waals surface area contributed by atoms with Crippen molar-refractivity contribution in [1.29, 1.82) is 0 Å². The molecule has 1 heterocycles. The molecule has 0 spiro atoms. The highest BCUT2D eigenvalue weighted by atomic mass is 35.5. The van der Waals surface area contributed by atoms with E-state index >= 15 is 0 Å². The van der Waals surface area contributed by atoms with Crippen molar-refractivity contribution in [2.24, 2.45) is 5.41 Å². The smallest absolute Gasteiger partial charge is 0.337 e. The summed E-state index contributed by atoms with van der Waals surface area (Å²) in [6, 6.07) is 3.28. The van der Waals surface area contributed by atoms with Crippen molar-refractivity contribution in [3.05, 3.63) is 50.3 Å². The van der Waals surface area contributed by atoms with Gasteiger partial charge in [-0.2, -0.15) is 0 Å². The van der Waals surface area contributed by atoms with Crippen LogP contribution in [0.2, 0.25) is 10.0 Å². The van der Waals surface area contributed by atoms with E-state index in [1.54, 1.807) is 26.0 Å². The molecule has 1 aliphatic heterocycles. The second-order valence-corrected chi connectivity index (χ2v) is 9.74. The van der Waals surface area contributed by atoms with Crippen LogP contribution in [-0.2, 0) is 14.3 Å². The summed E-state index contributed by atoms with van der Waals surface area (Å²) in [5.41, 5.74) is 2.78. The van der Waals surface area contributed by atoms with Gasteiger partial charge in [0.2, 0.25) is 0 Å². The number of esters is 1. The van der Waals surface area contributed by atoms with Gasteiger partial charge in [-0.1, -0.05) is 37.0 Å². The minimum absolute atomic E-state index is 0.0146. The normalized spacial score (nSPS) is 20.8. The summed E-state index contributed by atoms with van der Waals surface area (Å²) >= 11 is 12.7. The molecule has 1 aliphatic carbocycles. The molecule has 1 unspecified atom stereocenters. The van der Waals surface area contributed by atoms with Crippen molar-refractivity contribution in [1.82, 2.24) is 5.32 Å². The first-order chi connectivity index (χ1) is 13.9. The lowest BCUT2D eigenvalue weighted by molar-refractivity contribution is -0.143. The molecule has 2 aliphatic rings. The summed E-state index contributed by atoms with van der Waals surface area (Å²) < 4.78 is 11.1. The van der Waals surface area contributed by atoms with Crippen LogP contribution < -0.4 is 10.1 Å². The largest absolute Gasteiger partial charge is 0.495 e. The van der Waals surface area contributed by atoms with Crippen LogP contribution in [0.25, 0.3) is 0 Å². The summed E-state index contributed by atoms with van der Waals surface area (Å²) in [5, 5.41) is 4.02. The number of dihydropyridines is 1. The van der Waals surface area contributed by atoms with Crippen molar-refractivity contribution in [3.63, 3.8) is 0 Å². The highest BCUT2D eigenvalue weighted by Gasteiger charge is 2.44. The molecule has 30 heavy (non-hydrogen) atoms. The summed E-state index contributed by atoms with van der Waals surface area (Å²) in [6.45, 7) is 9.51. The molecule has 1 atom stereocenters. The number of hydrogen-bond donors (Lipinski definition) is 1. The van der Waals surface area contributed by atoms with Crippen LogP contribution in [0.4, 0.5) is 0 Å². The SMILES string of the molecule is COc1c(Cl)cc(Cl)cc1C1C(C(=O)OC(C)C)=C(C)NC2=C1C(=O)CC(C)(C)C2. The number of halogens is 2. The average molecular weight is 452 g/mol. The summed E-state index contributed by atoms with van der Waals surface area (Å²) in [4.78, 5) is 26.4. The van der Waals surface area contributed by atoms with E-state index in [4.69, 9.17) is 32.7 Å². The lowest BCUT2D eigenvalue weighted by Gasteiger charge is -2.39. The number of allylic oxidation sites excluding steroid dienone is 3. The first-order valence-electron chi connectivity index (χ1n) is 9.93. The van der Waals surface area contributed by atoms with Crippen LogP contribution >= 0.6 is 23.2 Å². The molecule has 0 saturated carbocycles. The van der Waals surface area contributed by atoms with E-state index in [2.05, 4.69) is 19.2 Å². The van der Waals surface area contributed by atoms with Crippen molar-refractivity contribution >= 4 is 35.0 Å². The fourth-order valence-electron chi connectivity index (χ4n) is 4.31. The number of hydrogen-bond acceptors (Lipinski definition) is 5. The molecule has 1 aromatic rings. The van der Waals surface area contributed by atoms with Gasteiger partial charge in [0.05, 0.1) is 29.7 Å². The summed E-state index contributed by atoms with van der Waals surface area (Å²) in [6.07, 6.45) is 0.761. The minimum Gasteiger partial charge on any atom is -0.495 e. The molecule has 5 nitrogen and oxygen atoms in total. The molecule has 162 valence electrons. The first-order valence-corrected chi connectivity index (χ1v) is 10.7. The number of carbonyl (C=O) groups is 2. The van der Waals surface area contributed by atoms with Crippen LogP contribution in [0.3, 0.4) is 0 Å². The molecule has 3 rings (SSSR count). The zero-order valence-electron chi connectivity index (χ0n) is 18.1. The van der Waals surface area contributed by atoms with E-state index < -0.39 is 11.9 Å². The van der Waals surface area contributed by atoms with Gasteiger partial charge in [-0.15, -0.1) is 0 Å². The van der Waals surface area contributed by atoms with E-state index in [1.807, 2.05) is 6.92 Å². The Balaban J connectivity index is 2.29. The highest BCUT2D eigenvalue weighted by molar-refractivity contribution is 6.35. The number of ketones is 1. The third-order valence-corrected chi connectivity index (χ3v) is 5.85. The van der Waals surface area contributed by atoms with Gasteiger partial charge < -0.3 is 14.8 Å². The molecule has 0 fully saturated rings. The third kappa shape index (κ3) is 4.23. The third-order valence-electron chi connectivity index (χ3n) is 5.35. The standard InChI is InChI=1S/C23H27Cl2NO4/c1-11(2)30-22(28)18-12(3)26-16-9-23(4,5)10-17(27)20(16)19(18)14-7-13(24)8-15(25)21(14)29-6/h7-8,11,19,26H,9-10H2,1-6H3. The van der Waals surface area contributed by atoms with Crippen LogP contribution in [-0.4, -0.2) is 25.0 Å². The fourth-order valence-corrected chi connectivity index (χ4v) is 4.89. The Morgan fingerprint density at radius 2 is 1.90 bits per heavy atom. The molecule has 0 bridgehead atoms. The Kier molecular flexibility index (Phi) is 6.26. The molecular weight excluding hydrogens is 425 g/mol. The summed E-state index contributed by atoms with van der Waals surface area (Å²) in [5.74, 6) is -0.788. The minimum atomic E-state index is -0.678. The van der Waals surface area contributed by atoms with E-state index in [0.717, 1.165) is 5.70 Å². The van der Waals surface area contributed by atoms with Crippen LogP contribution in [0, 0.1) is 5.41 Å². The molecule has 0 amide bonds. The lowest BCUT2D eigenvalue weighted by Crippen LogP contribution is -2.39. The number of Topliss-reactive ketones (excluding diaryl/α,β-unsaturated/α-hetero) is 1. The maximum Gasteiger partial charge on any atom is 0.337 e. The number of methoxy groups -OCH3 is 1. The van der Waals surface area contributed by atoms with Gasteiger partial charge in [0.15, 0.2) is 5.78 Å². The number of carbonyl (C=O) groups excluding carboxylic acids is 2. The number of benzene rings is 1. The zero-order valence-corrected chi connectivity index (χ0v) is 19.6. The van der Waals surface area contributed by atoms with Gasteiger partial charge in [0.25, 0.3) is 0 Å². The number of nitrogens with one attached hydrogen (secondary N) is 1. The maximum absolute atomic E-state index is 13.3. The molecule has 1 aromatic carbocycles. The van der Waals surface area contributed by atoms with Crippen molar-refractivity contribution in [3.8, 4) is 5.75 Å². The number of rotatable bonds is 4. The van der Waals surface area contributed by atoms with Crippen molar-refractivity contribution < 1.29 is 19.1 Å². The predicted molar refractivity (Wildman–Crippen MR) is 118 cm³/mol. The van der Waals surface area contributed by atoms with E-state index in [-0.39, 0.29) is 17.3 Å². The summed E-state index contributed by atoms with van der Waals surface area (Å²) in [7, 11) is 1.50. The Morgan fingerprint density at radius 3 is 2.50 bits per heavy atom. The molecule has 0 aromatic heterocycles. The molecule has 0 radical (unpaired) electrons. The molecule has 1 N–H and O–H groups in total. The fraction of sp³-hybridized carbons (Fsp3) is 0.478. The van der Waals surface area contributed by atoms with E-state index in [1.165, 1.54) is 7.11 Å². The molecule has 7 heteroatoms. The van der Waals surface area contributed by atoms with Crippen molar-refractivity contribution in [2.75, 3.05) is 7.11 Å². The Morgan fingerprint density at radius 1 is 1.23 bits per heavy atom. The van der Waals surface area contributed by atoms with Gasteiger partial charge in [0, 0.05) is 34.0 Å². The second kappa shape index (κ2) is 8.27. The lowest BCUT2D eigenvalue weighted by atomic mass is 9.68. The monoisotopic (exact) mass is 451 g/mol. The van der Waals surface area contributed by atoms with Crippen LogP contribution in [0.15, 0.2) is 34.7 Å². The Bertz CT molecular complexity index is 976. The van der Waals surface area contributed by atoms with Crippen LogP contribution in [0.5, 0.6) is 5.75 Å². The molecule has 0 saturated heterocycles. The van der Waals surface area contributed by atoms with E-state index in [0.29, 0.717) is 51.0 Å². The highest BCUT2D eigenvalue weighted by Crippen LogP contribution is 2.50. The Labute approximate surface area is 187 Å². The predicted octanol–water partition coefficient (Wildman–Crippen LogP) is 5.56. The van der Waals surface area contributed by atoms with Gasteiger partial charge in [-0.3, -0.25) is 4.79 Å². The van der Waals surface area contributed by atoms with Gasteiger partial charge >= 0.3 is 5.97 Å². The van der Waals surface area contributed by atoms with E-state index in [9.17, 15) is 9.59 Å². The van der Waals surface area contributed by atoms with Gasteiger partial charge in [-0.05, 0) is 44.7 Å². The number of ether oxygens (including phenoxy) is 2.